The van der Waals surface area contributed by atoms with Gasteiger partial charge in [-0.2, -0.15) is 0 Å². The fraction of sp³-hybridized carbons (Fsp3) is 0.417. The van der Waals surface area contributed by atoms with E-state index in [1.807, 2.05) is 0 Å². The number of hydrogen-bond acceptors (Lipinski definition) is 5. The number of nitrogens with one attached hydrogen (secondary N) is 1. The van der Waals surface area contributed by atoms with Crippen LogP contribution >= 0.6 is 22.9 Å². The predicted molar refractivity (Wildman–Crippen MR) is 75.2 cm³/mol. The summed E-state index contributed by atoms with van der Waals surface area (Å²) in [4.78, 5) is 21.3. The highest BCUT2D eigenvalue weighted by molar-refractivity contribution is 7.19. The second kappa shape index (κ2) is 4.94. The molecule has 0 spiro atoms. The molecule has 0 atom stereocenters. The van der Waals surface area contributed by atoms with Gasteiger partial charge in [-0.25, -0.2) is 9.97 Å². The van der Waals surface area contributed by atoms with Crippen molar-refractivity contribution in [2.45, 2.75) is 25.7 Å². The van der Waals surface area contributed by atoms with Crippen LogP contribution in [0.5, 0.6) is 0 Å². The fourth-order valence-corrected chi connectivity index (χ4v) is 3.87. The van der Waals surface area contributed by atoms with Crippen LogP contribution in [0.3, 0.4) is 0 Å². The van der Waals surface area contributed by atoms with Crippen LogP contribution in [-0.4, -0.2) is 27.6 Å². The van der Waals surface area contributed by atoms with Crippen molar-refractivity contribution in [2.24, 2.45) is 0 Å². The maximum Gasteiger partial charge on any atom is 0.305 e. The van der Waals surface area contributed by atoms with Crippen molar-refractivity contribution in [3.8, 4) is 0 Å². The maximum absolute atomic E-state index is 10.6. The zero-order valence-electron chi connectivity index (χ0n) is 10.1. The summed E-state index contributed by atoms with van der Waals surface area (Å²) in [7, 11) is 0. The molecule has 0 saturated heterocycles. The molecule has 2 N–H and O–H groups in total. The van der Waals surface area contributed by atoms with Gasteiger partial charge in [0.25, 0.3) is 0 Å². The second-order valence-electron chi connectivity index (χ2n) is 4.45. The number of thiophene rings is 1. The summed E-state index contributed by atoms with van der Waals surface area (Å²) in [5, 5.41) is 13.0. The molecule has 19 heavy (non-hydrogen) atoms. The van der Waals surface area contributed by atoms with Crippen LogP contribution in [0.25, 0.3) is 10.2 Å². The lowest BCUT2D eigenvalue weighted by Crippen LogP contribution is -2.09. The van der Waals surface area contributed by atoms with Crippen molar-refractivity contribution in [1.29, 1.82) is 0 Å². The molecular weight excluding hydrogens is 286 g/mol. The zero-order chi connectivity index (χ0) is 13.4. The average molecular weight is 298 g/mol. The minimum Gasteiger partial charge on any atom is -0.481 e. The fourth-order valence-electron chi connectivity index (χ4n) is 2.39. The van der Waals surface area contributed by atoms with E-state index < -0.39 is 5.97 Å². The van der Waals surface area contributed by atoms with E-state index in [0.29, 0.717) is 12.4 Å². The molecule has 0 aliphatic heterocycles. The Labute approximate surface area is 118 Å². The van der Waals surface area contributed by atoms with Gasteiger partial charge in [-0.05, 0) is 36.4 Å². The van der Waals surface area contributed by atoms with Gasteiger partial charge in [0, 0.05) is 11.4 Å². The van der Waals surface area contributed by atoms with Crippen molar-refractivity contribution in [2.75, 3.05) is 11.9 Å². The Morgan fingerprint density at radius 3 is 3.05 bits per heavy atom. The first kappa shape index (κ1) is 12.6. The Balaban J connectivity index is 1.99. The summed E-state index contributed by atoms with van der Waals surface area (Å²) in [6, 6.07) is 0. The number of halogens is 1. The largest absolute Gasteiger partial charge is 0.481 e. The molecular formula is C12H12ClN3O2S. The molecule has 0 amide bonds. The van der Waals surface area contributed by atoms with Crippen molar-refractivity contribution in [3.63, 3.8) is 0 Å². The van der Waals surface area contributed by atoms with Crippen LogP contribution in [0.2, 0.25) is 5.28 Å². The number of aromatic nitrogens is 2. The average Bonchev–Trinajstić information content (AvgIpc) is 2.87. The number of carboxylic acids is 1. The van der Waals surface area contributed by atoms with E-state index in [1.165, 1.54) is 10.4 Å². The standard InChI is InChI=1S/C12H12ClN3O2S/c13-12-15-10(14-5-4-8(17)18)9-6-2-1-3-7(6)19-11(9)16-12/h1-5H2,(H,17,18)(H,14,15,16). The minimum absolute atomic E-state index is 0.0510. The number of aliphatic carboxylic acids is 1. The van der Waals surface area contributed by atoms with E-state index in [1.54, 1.807) is 11.3 Å². The Morgan fingerprint density at radius 2 is 2.26 bits per heavy atom. The van der Waals surface area contributed by atoms with Gasteiger partial charge in [0.15, 0.2) is 0 Å². The quantitative estimate of drug-likeness (QED) is 0.849. The number of nitrogens with zero attached hydrogens (tertiary/aromatic N) is 2. The highest BCUT2D eigenvalue weighted by Gasteiger charge is 2.22. The molecule has 0 aromatic carbocycles. The second-order valence-corrected chi connectivity index (χ2v) is 5.87. The minimum atomic E-state index is -0.834. The van der Waals surface area contributed by atoms with Crippen molar-refractivity contribution in [3.05, 3.63) is 15.7 Å². The van der Waals surface area contributed by atoms with E-state index in [-0.39, 0.29) is 11.7 Å². The molecule has 100 valence electrons. The van der Waals surface area contributed by atoms with Gasteiger partial charge in [-0.3, -0.25) is 4.79 Å². The number of carboxylic acid groups (broad SMARTS) is 1. The van der Waals surface area contributed by atoms with E-state index >= 15 is 0 Å². The molecule has 5 nitrogen and oxygen atoms in total. The van der Waals surface area contributed by atoms with Crippen LogP contribution in [0, 0.1) is 0 Å². The summed E-state index contributed by atoms with van der Waals surface area (Å²) in [6.45, 7) is 0.336. The third-order valence-electron chi connectivity index (χ3n) is 3.17. The molecule has 2 aromatic rings. The number of hydrogen-bond donors (Lipinski definition) is 2. The summed E-state index contributed by atoms with van der Waals surface area (Å²) >= 11 is 7.58. The van der Waals surface area contributed by atoms with Gasteiger partial charge in [-0.1, -0.05) is 0 Å². The Bertz CT molecular complexity index is 656. The lowest BCUT2D eigenvalue weighted by Gasteiger charge is -2.07. The maximum atomic E-state index is 10.6. The van der Waals surface area contributed by atoms with Gasteiger partial charge in [0.2, 0.25) is 5.28 Å². The number of fused-ring (bicyclic) bond motifs is 3. The predicted octanol–water partition coefficient (Wildman–Crippen LogP) is 2.72. The summed E-state index contributed by atoms with van der Waals surface area (Å²) < 4.78 is 0. The monoisotopic (exact) mass is 297 g/mol. The van der Waals surface area contributed by atoms with Gasteiger partial charge in [0.05, 0.1) is 11.8 Å². The summed E-state index contributed by atoms with van der Waals surface area (Å²) in [5.41, 5.74) is 1.30. The topological polar surface area (TPSA) is 75.1 Å². The lowest BCUT2D eigenvalue weighted by atomic mass is 10.2. The molecule has 7 heteroatoms. The molecule has 2 aromatic heterocycles. The SMILES string of the molecule is O=C(O)CCNc1nc(Cl)nc2sc3c(c12)CCC3. The molecule has 0 unspecified atom stereocenters. The van der Waals surface area contributed by atoms with Gasteiger partial charge >= 0.3 is 5.97 Å². The van der Waals surface area contributed by atoms with Crippen molar-refractivity contribution >= 4 is 44.9 Å². The molecule has 3 rings (SSSR count). The van der Waals surface area contributed by atoms with Crippen LogP contribution < -0.4 is 5.32 Å². The first-order valence-corrected chi connectivity index (χ1v) is 7.28. The number of rotatable bonds is 4. The van der Waals surface area contributed by atoms with Crippen LogP contribution in [0.15, 0.2) is 0 Å². The van der Waals surface area contributed by atoms with Crippen molar-refractivity contribution < 1.29 is 9.90 Å². The lowest BCUT2D eigenvalue weighted by molar-refractivity contribution is -0.136. The smallest absolute Gasteiger partial charge is 0.305 e. The highest BCUT2D eigenvalue weighted by atomic mass is 35.5. The number of anilines is 1. The Hall–Kier alpha value is -1.40. The van der Waals surface area contributed by atoms with Gasteiger partial charge in [0.1, 0.15) is 10.6 Å². The number of aryl methyl sites for hydroxylation is 2. The summed E-state index contributed by atoms with van der Waals surface area (Å²) in [6.07, 6.45) is 3.33. The van der Waals surface area contributed by atoms with Gasteiger partial charge in [-0.15, -0.1) is 11.3 Å². The Morgan fingerprint density at radius 1 is 1.42 bits per heavy atom. The molecule has 2 heterocycles. The van der Waals surface area contributed by atoms with Gasteiger partial charge < -0.3 is 10.4 Å². The molecule has 1 aliphatic rings. The van der Waals surface area contributed by atoms with E-state index in [4.69, 9.17) is 16.7 Å². The normalized spacial score (nSPS) is 13.7. The van der Waals surface area contributed by atoms with Crippen molar-refractivity contribution in [1.82, 2.24) is 9.97 Å². The van der Waals surface area contributed by atoms with Crippen LogP contribution in [0.4, 0.5) is 5.82 Å². The molecule has 0 radical (unpaired) electrons. The Kier molecular flexibility index (Phi) is 3.28. The first-order chi connectivity index (χ1) is 9.15. The molecule has 0 bridgehead atoms. The third-order valence-corrected chi connectivity index (χ3v) is 4.52. The van der Waals surface area contributed by atoms with E-state index in [0.717, 1.165) is 29.5 Å². The van der Waals surface area contributed by atoms with Crippen LogP contribution in [-0.2, 0) is 17.6 Å². The first-order valence-electron chi connectivity index (χ1n) is 6.08. The van der Waals surface area contributed by atoms with E-state index in [2.05, 4.69) is 15.3 Å². The van der Waals surface area contributed by atoms with Crippen LogP contribution in [0.1, 0.15) is 23.3 Å². The highest BCUT2D eigenvalue weighted by Crippen LogP contribution is 2.39. The van der Waals surface area contributed by atoms with E-state index in [9.17, 15) is 4.79 Å². The summed E-state index contributed by atoms with van der Waals surface area (Å²) in [5.74, 6) is -0.171. The molecule has 0 saturated carbocycles. The zero-order valence-corrected chi connectivity index (χ0v) is 11.6. The number of carbonyl (C=O) groups is 1. The molecule has 0 fully saturated rings. The third kappa shape index (κ3) is 2.37. The molecule has 1 aliphatic carbocycles.